The first-order chi connectivity index (χ1) is 10.2. The standard InChI is InChI=1S/C17H28N2O2/c1-14-5-6-17(21-15(2)7-12-20-3)16(13-14)19-10-4-8-18-9-11-19/h5-6,13,15,18H,4,7-12H2,1-3H3. The number of methoxy groups -OCH3 is 1. The summed E-state index contributed by atoms with van der Waals surface area (Å²) in [6.45, 7) is 9.22. The van der Waals surface area contributed by atoms with Crippen molar-refractivity contribution in [3.63, 3.8) is 0 Å². The predicted molar refractivity (Wildman–Crippen MR) is 87.5 cm³/mol. The van der Waals surface area contributed by atoms with Crippen LogP contribution in [0.25, 0.3) is 0 Å². The number of nitrogens with zero attached hydrogens (tertiary/aromatic N) is 1. The second kappa shape index (κ2) is 8.25. The SMILES string of the molecule is COCCC(C)Oc1ccc(C)cc1N1CCCNCC1. The molecule has 0 bridgehead atoms. The minimum Gasteiger partial charge on any atom is -0.488 e. The van der Waals surface area contributed by atoms with Crippen LogP contribution in [-0.2, 0) is 4.74 Å². The average Bonchev–Trinajstić information content (AvgIpc) is 2.76. The van der Waals surface area contributed by atoms with Crippen LogP contribution in [0.5, 0.6) is 5.75 Å². The molecule has 0 aliphatic carbocycles. The summed E-state index contributed by atoms with van der Waals surface area (Å²) in [7, 11) is 1.73. The Labute approximate surface area is 128 Å². The smallest absolute Gasteiger partial charge is 0.143 e. The molecule has 0 amide bonds. The Morgan fingerprint density at radius 3 is 2.95 bits per heavy atom. The molecule has 1 unspecified atom stereocenters. The molecule has 1 aliphatic rings. The topological polar surface area (TPSA) is 33.7 Å². The lowest BCUT2D eigenvalue weighted by Crippen LogP contribution is -2.28. The van der Waals surface area contributed by atoms with Gasteiger partial charge in [0.25, 0.3) is 0 Å². The molecule has 1 saturated heterocycles. The lowest BCUT2D eigenvalue weighted by molar-refractivity contribution is 0.135. The van der Waals surface area contributed by atoms with E-state index in [1.165, 1.54) is 17.7 Å². The Morgan fingerprint density at radius 1 is 1.29 bits per heavy atom. The summed E-state index contributed by atoms with van der Waals surface area (Å²) in [4.78, 5) is 2.44. The molecule has 0 spiro atoms. The average molecular weight is 292 g/mol. The highest BCUT2D eigenvalue weighted by Crippen LogP contribution is 2.31. The van der Waals surface area contributed by atoms with Crippen LogP contribution in [0.3, 0.4) is 0 Å². The number of aryl methyl sites for hydroxylation is 1. The zero-order chi connectivity index (χ0) is 15.1. The van der Waals surface area contributed by atoms with Crippen molar-refractivity contribution in [2.45, 2.75) is 32.8 Å². The highest BCUT2D eigenvalue weighted by Gasteiger charge is 2.16. The summed E-state index contributed by atoms with van der Waals surface area (Å²) >= 11 is 0. The molecule has 1 aromatic carbocycles. The number of rotatable bonds is 6. The molecule has 21 heavy (non-hydrogen) atoms. The van der Waals surface area contributed by atoms with Gasteiger partial charge >= 0.3 is 0 Å². The Hall–Kier alpha value is -1.26. The Bertz CT molecular complexity index is 429. The van der Waals surface area contributed by atoms with Gasteiger partial charge in [0.15, 0.2) is 0 Å². The second-order valence-electron chi connectivity index (χ2n) is 5.77. The van der Waals surface area contributed by atoms with Gasteiger partial charge in [0.05, 0.1) is 11.8 Å². The van der Waals surface area contributed by atoms with Gasteiger partial charge in [-0.25, -0.2) is 0 Å². The summed E-state index contributed by atoms with van der Waals surface area (Å²) in [5.74, 6) is 0.992. The van der Waals surface area contributed by atoms with E-state index in [-0.39, 0.29) is 6.10 Å². The first kappa shape index (κ1) is 16.1. The van der Waals surface area contributed by atoms with Crippen molar-refractivity contribution in [2.24, 2.45) is 0 Å². The quantitative estimate of drug-likeness (QED) is 0.874. The third-order valence-electron chi connectivity index (χ3n) is 3.85. The molecule has 0 aromatic heterocycles. The van der Waals surface area contributed by atoms with E-state index in [1.807, 2.05) is 0 Å². The van der Waals surface area contributed by atoms with E-state index < -0.39 is 0 Å². The number of benzene rings is 1. The van der Waals surface area contributed by atoms with Gasteiger partial charge in [-0.2, -0.15) is 0 Å². The molecular weight excluding hydrogens is 264 g/mol. The molecule has 118 valence electrons. The van der Waals surface area contributed by atoms with Crippen molar-refractivity contribution in [1.29, 1.82) is 0 Å². The van der Waals surface area contributed by atoms with Gasteiger partial charge in [0, 0.05) is 39.8 Å². The maximum Gasteiger partial charge on any atom is 0.143 e. The molecule has 1 aliphatic heterocycles. The molecule has 0 radical (unpaired) electrons. The number of nitrogens with one attached hydrogen (secondary N) is 1. The maximum absolute atomic E-state index is 6.15. The number of ether oxygens (including phenoxy) is 2. The van der Waals surface area contributed by atoms with E-state index in [4.69, 9.17) is 9.47 Å². The zero-order valence-corrected chi connectivity index (χ0v) is 13.5. The van der Waals surface area contributed by atoms with Crippen LogP contribution in [0.1, 0.15) is 25.3 Å². The van der Waals surface area contributed by atoms with Crippen LogP contribution in [0.15, 0.2) is 18.2 Å². The number of hydrogen-bond donors (Lipinski definition) is 1. The summed E-state index contributed by atoms with van der Waals surface area (Å²) in [5.41, 5.74) is 2.50. The van der Waals surface area contributed by atoms with Crippen molar-refractivity contribution in [3.8, 4) is 5.75 Å². The van der Waals surface area contributed by atoms with E-state index in [0.29, 0.717) is 0 Å². The predicted octanol–water partition coefficient (Wildman–Crippen LogP) is 2.60. The van der Waals surface area contributed by atoms with E-state index in [2.05, 4.69) is 42.3 Å². The van der Waals surface area contributed by atoms with Crippen molar-refractivity contribution in [2.75, 3.05) is 44.8 Å². The van der Waals surface area contributed by atoms with Gasteiger partial charge in [-0.15, -0.1) is 0 Å². The first-order valence-electron chi connectivity index (χ1n) is 7.92. The third kappa shape index (κ3) is 4.90. The van der Waals surface area contributed by atoms with E-state index in [9.17, 15) is 0 Å². The summed E-state index contributed by atoms with van der Waals surface area (Å²) in [6.07, 6.45) is 2.24. The van der Waals surface area contributed by atoms with Gasteiger partial charge in [-0.3, -0.25) is 0 Å². The third-order valence-corrected chi connectivity index (χ3v) is 3.85. The largest absolute Gasteiger partial charge is 0.488 e. The van der Waals surface area contributed by atoms with Crippen LogP contribution in [-0.4, -0.2) is 46.0 Å². The van der Waals surface area contributed by atoms with E-state index >= 15 is 0 Å². The lowest BCUT2D eigenvalue weighted by atomic mass is 10.1. The van der Waals surface area contributed by atoms with Crippen molar-refractivity contribution in [1.82, 2.24) is 5.32 Å². The van der Waals surface area contributed by atoms with Crippen LogP contribution in [0.2, 0.25) is 0 Å². The Kier molecular flexibility index (Phi) is 6.33. The van der Waals surface area contributed by atoms with Gasteiger partial charge in [-0.05, 0) is 44.5 Å². The molecule has 1 aromatic rings. The van der Waals surface area contributed by atoms with Gasteiger partial charge in [0.2, 0.25) is 0 Å². The van der Waals surface area contributed by atoms with E-state index in [1.54, 1.807) is 7.11 Å². The zero-order valence-electron chi connectivity index (χ0n) is 13.5. The normalized spacial score (nSPS) is 17.4. The molecule has 1 atom stereocenters. The maximum atomic E-state index is 6.15. The van der Waals surface area contributed by atoms with Crippen LogP contribution in [0, 0.1) is 6.92 Å². The molecule has 1 heterocycles. The minimum atomic E-state index is 0.163. The molecule has 2 rings (SSSR count). The number of anilines is 1. The molecule has 4 heteroatoms. The second-order valence-corrected chi connectivity index (χ2v) is 5.77. The molecule has 1 fully saturated rings. The van der Waals surface area contributed by atoms with Crippen LogP contribution < -0.4 is 15.0 Å². The fourth-order valence-corrected chi connectivity index (χ4v) is 2.62. The molecule has 1 N–H and O–H groups in total. The highest BCUT2D eigenvalue weighted by atomic mass is 16.5. The summed E-state index contributed by atoms with van der Waals surface area (Å²) in [6, 6.07) is 6.47. The summed E-state index contributed by atoms with van der Waals surface area (Å²) in [5, 5.41) is 3.45. The first-order valence-corrected chi connectivity index (χ1v) is 7.92. The lowest BCUT2D eigenvalue weighted by Gasteiger charge is -2.27. The van der Waals surface area contributed by atoms with Crippen LogP contribution >= 0.6 is 0 Å². The van der Waals surface area contributed by atoms with Gasteiger partial charge in [0.1, 0.15) is 5.75 Å². The van der Waals surface area contributed by atoms with Crippen molar-refractivity contribution >= 4 is 5.69 Å². The van der Waals surface area contributed by atoms with Crippen molar-refractivity contribution < 1.29 is 9.47 Å². The molecule has 4 nitrogen and oxygen atoms in total. The highest BCUT2D eigenvalue weighted by molar-refractivity contribution is 5.60. The molecular formula is C17H28N2O2. The fraction of sp³-hybridized carbons (Fsp3) is 0.647. The van der Waals surface area contributed by atoms with Crippen molar-refractivity contribution in [3.05, 3.63) is 23.8 Å². The van der Waals surface area contributed by atoms with Crippen LogP contribution in [0.4, 0.5) is 5.69 Å². The van der Waals surface area contributed by atoms with Gasteiger partial charge < -0.3 is 19.7 Å². The Balaban J connectivity index is 2.12. The number of hydrogen-bond acceptors (Lipinski definition) is 4. The fourth-order valence-electron chi connectivity index (χ4n) is 2.62. The monoisotopic (exact) mass is 292 g/mol. The van der Waals surface area contributed by atoms with E-state index in [0.717, 1.165) is 45.0 Å². The summed E-state index contributed by atoms with van der Waals surface area (Å²) < 4.78 is 11.3. The molecule has 0 saturated carbocycles. The Morgan fingerprint density at radius 2 is 2.14 bits per heavy atom. The van der Waals surface area contributed by atoms with Gasteiger partial charge in [-0.1, -0.05) is 6.07 Å². The minimum absolute atomic E-state index is 0.163.